The van der Waals surface area contributed by atoms with Crippen molar-refractivity contribution < 1.29 is 4.74 Å². The van der Waals surface area contributed by atoms with Crippen molar-refractivity contribution in [1.82, 2.24) is 5.32 Å². The molecule has 3 heteroatoms. The number of thiophene rings is 1. The summed E-state index contributed by atoms with van der Waals surface area (Å²) >= 11 is 1.83. The van der Waals surface area contributed by atoms with Gasteiger partial charge in [-0.05, 0) is 37.3 Å². The van der Waals surface area contributed by atoms with E-state index in [9.17, 15) is 0 Å². The van der Waals surface area contributed by atoms with Gasteiger partial charge in [-0.1, -0.05) is 0 Å². The van der Waals surface area contributed by atoms with Crippen molar-refractivity contribution in [3.8, 4) is 0 Å². The maximum Gasteiger partial charge on any atom is 0.0700 e. The zero-order valence-corrected chi connectivity index (χ0v) is 9.56. The summed E-state index contributed by atoms with van der Waals surface area (Å²) in [6.45, 7) is 6.21. The third-order valence-corrected chi connectivity index (χ3v) is 3.89. The predicted octanol–water partition coefficient (Wildman–Crippen LogP) is 2.32. The first kappa shape index (κ1) is 10.1. The predicted molar refractivity (Wildman–Crippen MR) is 59.7 cm³/mol. The van der Waals surface area contributed by atoms with Crippen molar-refractivity contribution in [1.29, 1.82) is 0 Å². The molecular weight excluding hydrogens is 194 g/mol. The van der Waals surface area contributed by atoms with Crippen LogP contribution in [-0.4, -0.2) is 18.8 Å². The standard InChI is InChI=1S/C11H17NOS/c1-8-4-6-14-11(8)7-12-10-3-5-13-9(10)2/h4,6,9-10,12H,3,5,7H2,1-2H3. The number of aryl methyl sites for hydroxylation is 1. The van der Waals surface area contributed by atoms with Crippen LogP contribution >= 0.6 is 11.3 Å². The summed E-state index contributed by atoms with van der Waals surface area (Å²) in [5.74, 6) is 0. The van der Waals surface area contributed by atoms with Crippen LogP contribution < -0.4 is 5.32 Å². The summed E-state index contributed by atoms with van der Waals surface area (Å²) in [6.07, 6.45) is 1.52. The van der Waals surface area contributed by atoms with Gasteiger partial charge in [0.25, 0.3) is 0 Å². The minimum absolute atomic E-state index is 0.371. The van der Waals surface area contributed by atoms with Crippen LogP contribution in [0.4, 0.5) is 0 Å². The SMILES string of the molecule is Cc1ccsc1CNC1CCOC1C. The van der Waals surface area contributed by atoms with E-state index in [2.05, 4.69) is 30.6 Å². The Labute approximate surface area is 89.3 Å². The molecule has 0 aromatic carbocycles. The van der Waals surface area contributed by atoms with Crippen LogP contribution in [0.15, 0.2) is 11.4 Å². The molecule has 0 saturated carbocycles. The van der Waals surface area contributed by atoms with E-state index >= 15 is 0 Å². The second-order valence-corrected chi connectivity index (χ2v) is 4.88. The molecule has 2 rings (SSSR count). The maximum atomic E-state index is 5.51. The molecule has 2 unspecified atom stereocenters. The molecule has 2 nitrogen and oxygen atoms in total. The molecule has 0 aliphatic carbocycles. The van der Waals surface area contributed by atoms with Crippen LogP contribution in [0, 0.1) is 6.92 Å². The third kappa shape index (κ3) is 2.16. The lowest BCUT2D eigenvalue weighted by atomic mass is 10.1. The molecule has 1 N–H and O–H groups in total. The molecule has 0 spiro atoms. The zero-order chi connectivity index (χ0) is 9.97. The summed E-state index contributed by atoms with van der Waals surface area (Å²) < 4.78 is 5.51. The van der Waals surface area contributed by atoms with Gasteiger partial charge in [-0.25, -0.2) is 0 Å². The molecule has 1 aromatic heterocycles. The lowest BCUT2D eigenvalue weighted by molar-refractivity contribution is 0.113. The van der Waals surface area contributed by atoms with Gasteiger partial charge in [0.15, 0.2) is 0 Å². The molecular formula is C11H17NOS. The van der Waals surface area contributed by atoms with Gasteiger partial charge < -0.3 is 10.1 Å². The van der Waals surface area contributed by atoms with Crippen LogP contribution in [0.3, 0.4) is 0 Å². The Morgan fingerprint density at radius 1 is 1.64 bits per heavy atom. The first-order chi connectivity index (χ1) is 6.77. The number of nitrogens with one attached hydrogen (secondary N) is 1. The smallest absolute Gasteiger partial charge is 0.0700 e. The number of hydrogen-bond acceptors (Lipinski definition) is 3. The van der Waals surface area contributed by atoms with Crippen LogP contribution in [-0.2, 0) is 11.3 Å². The highest BCUT2D eigenvalue weighted by Crippen LogP contribution is 2.17. The molecule has 0 amide bonds. The minimum atomic E-state index is 0.371. The largest absolute Gasteiger partial charge is 0.377 e. The van der Waals surface area contributed by atoms with Gasteiger partial charge in [0.2, 0.25) is 0 Å². The van der Waals surface area contributed by atoms with Crippen LogP contribution in [0.25, 0.3) is 0 Å². The first-order valence-electron chi connectivity index (χ1n) is 5.15. The average Bonchev–Trinajstić information content (AvgIpc) is 2.72. The Morgan fingerprint density at radius 2 is 2.50 bits per heavy atom. The summed E-state index contributed by atoms with van der Waals surface area (Å²) in [4.78, 5) is 1.45. The Kier molecular flexibility index (Phi) is 3.21. The molecule has 0 bridgehead atoms. The van der Waals surface area contributed by atoms with Gasteiger partial charge in [-0.2, -0.15) is 0 Å². The highest BCUT2D eigenvalue weighted by atomic mass is 32.1. The number of ether oxygens (including phenoxy) is 1. The van der Waals surface area contributed by atoms with Gasteiger partial charge in [0.05, 0.1) is 6.10 Å². The molecule has 1 saturated heterocycles. The van der Waals surface area contributed by atoms with Crippen molar-refractivity contribution in [2.24, 2.45) is 0 Å². The summed E-state index contributed by atoms with van der Waals surface area (Å²) in [7, 11) is 0. The van der Waals surface area contributed by atoms with E-state index in [-0.39, 0.29) is 0 Å². The fourth-order valence-corrected chi connectivity index (χ4v) is 2.67. The quantitative estimate of drug-likeness (QED) is 0.828. The summed E-state index contributed by atoms with van der Waals surface area (Å²) in [5.41, 5.74) is 1.40. The molecule has 2 heterocycles. The van der Waals surface area contributed by atoms with Crippen LogP contribution in [0.5, 0.6) is 0 Å². The van der Waals surface area contributed by atoms with E-state index < -0.39 is 0 Å². The fraction of sp³-hybridized carbons (Fsp3) is 0.636. The molecule has 14 heavy (non-hydrogen) atoms. The third-order valence-electron chi connectivity index (χ3n) is 2.87. The minimum Gasteiger partial charge on any atom is -0.377 e. The molecule has 78 valence electrons. The molecule has 2 atom stereocenters. The summed E-state index contributed by atoms with van der Waals surface area (Å²) in [6, 6.07) is 2.72. The topological polar surface area (TPSA) is 21.3 Å². The van der Waals surface area contributed by atoms with Gasteiger partial charge in [0.1, 0.15) is 0 Å². The van der Waals surface area contributed by atoms with Gasteiger partial charge >= 0.3 is 0 Å². The number of hydrogen-bond donors (Lipinski definition) is 1. The lowest BCUT2D eigenvalue weighted by Gasteiger charge is -2.15. The van der Waals surface area contributed by atoms with Crippen LogP contribution in [0.1, 0.15) is 23.8 Å². The molecule has 1 fully saturated rings. The van der Waals surface area contributed by atoms with Crippen molar-refractivity contribution in [2.45, 2.75) is 39.0 Å². The van der Waals surface area contributed by atoms with E-state index in [1.807, 2.05) is 11.3 Å². The Hall–Kier alpha value is -0.380. The monoisotopic (exact) mass is 211 g/mol. The van der Waals surface area contributed by atoms with Gasteiger partial charge in [0, 0.05) is 24.1 Å². The zero-order valence-electron chi connectivity index (χ0n) is 8.75. The van der Waals surface area contributed by atoms with Crippen molar-refractivity contribution >= 4 is 11.3 Å². The van der Waals surface area contributed by atoms with E-state index in [0.717, 1.165) is 19.6 Å². The second kappa shape index (κ2) is 4.43. The Bertz CT molecular complexity index is 297. The maximum absolute atomic E-state index is 5.51. The number of rotatable bonds is 3. The fourth-order valence-electron chi connectivity index (χ4n) is 1.81. The summed E-state index contributed by atoms with van der Waals surface area (Å²) in [5, 5.41) is 5.71. The molecule has 1 aromatic rings. The second-order valence-electron chi connectivity index (χ2n) is 3.88. The Balaban J connectivity index is 1.85. The Morgan fingerprint density at radius 3 is 3.07 bits per heavy atom. The van der Waals surface area contributed by atoms with E-state index in [1.54, 1.807) is 0 Å². The van der Waals surface area contributed by atoms with Gasteiger partial charge in [-0.15, -0.1) is 11.3 Å². The van der Waals surface area contributed by atoms with E-state index in [1.165, 1.54) is 10.4 Å². The molecule has 1 aliphatic heterocycles. The van der Waals surface area contributed by atoms with E-state index in [0.29, 0.717) is 12.1 Å². The van der Waals surface area contributed by atoms with Crippen molar-refractivity contribution in [3.05, 3.63) is 21.9 Å². The molecule has 0 radical (unpaired) electrons. The van der Waals surface area contributed by atoms with Gasteiger partial charge in [-0.3, -0.25) is 0 Å². The van der Waals surface area contributed by atoms with Crippen molar-refractivity contribution in [2.75, 3.05) is 6.61 Å². The molecule has 1 aliphatic rings. The highest BCUT2D eigenvalue weighted by molar-refractivity contribution is 7.10. The normalized spacial score (nSPS) is 27.0. The highest BCUT2D eigenvalue weighted by Gasteiger charge is 2.23. The van der Waals surface area contributed by atoms with Crippen LogP contribution in [0.2, 0.25) is 0 Å². The lowest BCUT2D eigenvalue weighted by Crippen LogP contribution is -2.34. The average molecular weight is 211 g/mol. The van der Waals surface area contributed by atoms with Crippen molar-refractivity contribution in [3.63, 3.8) is 0 Å². The first-order valence-corrected chi connectivity index (χ1v) is 6.03. The van der Waals surface area contributed by atoms with E-state index in [4.69, 9.17) is 4.74 Å².